The van der Waals surface area contributed by atoms with Crippen LogP contribution < -0.4 is 0 Å². The lowest BCUT2D eigenvalue weighted by molar-refractivity contribution is -0.146. The van der Waals surface area contributed by atoms with E-state index in [1.54, 1.807) is 0 Å². The van der Waals surface area contributed by atoms with Gasteiger partial charge in [0, 0.05) is 6.42 Å². The Morgan fingerprint density at radius 1 is 1.56 bits per heavy atom. The van der Waals surface area contributed by atoms with Gasteiger partial charge in [-0.15, -0.1) is 0 Å². The highest BCUT2D eigenvalue weighted by atomic mass is 79.9. The van der Waals surface area contributed by atoms with Gasteiger partial charge in [-0.05, 0) is 0 Å². The van der Waals surface area contributed by atoms with Crippen molar-refractivity contribution in [2.24, 2.45) is 0 Å². The highest BCUT2D eigenvalue weighted by Crippen LogP contribution is 2.14. The normalized spacial score (nSPS) is 13.8. The minimum atomic E-state index is -1.28. The molecule has 0 rings (SSSR count). The molecule has 0 aliphatic carbocycles. The van der Waals surface area contributed by atoms with E-state index in [1.165, 1.54) is 0 Å². The second-order valence-corrected chi connectivity index (χ2v) is 4.92. The number of hydrogen-bond acceptors (Lipinski definition) is 2. The number of halogens is 2. The summed E-state index contributed by atoms with van der Waals surface area (Å²) in [5, 5.41) is 16.8. The van der Waals surface area contributed by atoms with Crippen LogP contribution in [0.25, 0.3) is 0 Å². The largest absolute Gasteiger partial charge is 0.479 e. The van der Waals surface area contributed by atoms with E-state index in [4.69, 9.17) is 10.2 Å². The topological polar surface area (TPSA) is 57.5 Å². The predicted molar refractivity (Wildman–Crippen MR) is 39.9 cm³/mol. The van der Waals surface area contributed by atoms with Crippen LogP contribution in [0.3, 0.4) is 0 Å². The molecule has 0 aliphatic heterocycles. The lowest BCUT2D eigenvalue weighted by Crippen LogP contribution is -2.21. The van der Waals surface area contributed by atoms with Crippen molar-refractivity contribution < 1.29 is 15.0 Å². The van der Waals surface area contributed by atoms with E-state index < -0.39 is 12.1 Å². The van der Waals surface area contributed by atoms with Gasteiger partial charge in [0.15, 0.2) is 6.10 Å². The Bertz CT molecular complexity index is 104. The lowest BCUT2D eigenvalue weighted by Gasteiger charge is -2.03. The summed E-state index contributed by atoms with van der Waals surface area (Å²) in [5.41, 5.74) is 0. The Hall–Kier alpha value is 0.390. The van der Waals surface area contributed by atoms with Crippen molar-refractivity contribution in [3.05, 3.63) is 0 Å². The molecule has 1 atom stereocenters. The van der Waals surface area contributed by atoms with Gasteiger partial charge < -0.3 is 10.2 Å². The second kappa shape index (κ2) is 4.24. The van der Waals surface area contributed by atoms with Gasteiger partial charge in [-0.25, -0.2) is 4.79 Å². The summed E-state index contributed by atoms with van der Waals surface area (Å²) in [7, 11) is 0. The Labute approximate surface area is 69.3 Å². The van der Waals surface area contributed by atoms with Crippen LogP contribution >= 0.6 is 31.9 Å². The Morgan fingerprint density at radius 3 is 2.11 bits per heavy atom. The number of carbonyl (C=O) groups is 1. The number of carboxylic acids is 1. The molecule has 54 valence electrons. The van der Waals surface area contributed by atoms with Gasteiger partial charge in [-0.1, -0.05) is 31.9 Å². The maximum atomic E-state index is 9.94. The van der Waals surface area contributed by atoms with Gasteiger partial charge in [-0.2, -0.15) is 0 Å². The fourth-order valence-electron chi connectivity index (χ4n) is 0.270. The van der Waals surface area contributed by atoms with Gasteiger partial charge >= 0.3 is 5.97 Å². The number of aliphatic carboxylic acids is 1. The van der Waals surface area contributed by atoms with Crippen LogP contribution in [0.5, 0.6) is 0 Å². The number of aliphatic hydroxyl groups excluding tert-OH is 1. The molecule has 2 N–H and O–H groups in total. The summed E-state index contributed by atoms with van der Waals surface area (Å²) >= 11 is 6.07. The van der Waals surface area contributed by atoms with Gasteiger partial charge in [0.2, 0.25) is 0 Å². The molecule has 0 bridgehead atoms. The van der Waals surface area contributed by atoms with Gasteiger partial charge in [0.05, 0.1) is 3.74 Å². The average molecular weight is 262 g/mol. The maximum Gasteiger partial charge on any atom is 0.332 e. The summed E-state index contributed by atoms with van der Waals surface area (Å²) in [4.78, 5) is 9.94. The van der Waals surface area contributed by atoms with E-state index in [0.717, 1.165) is 0 Å². The third-order valence-electron chi connectivity index (χ3n) is 0.686. The quantitative estimate of drug-likeness (QED) is 0.744. The summed E-state index contributed by atoms with van der Waals surface area (Å²) in [6, 6.07) is 0. The molecule has 0 aromatic rings. The molecule has 5 heteroatoms. The summed E-state index contributed by atoms with van der Waals surface area (Å²) < 4.78 is -0.143. The first-order valence-electron chi connectivity index (χ1n) is 2.23. The van der Waals surface area contributed by atoms with Crippen LogP contribution in [-0.2, 0) is 4.79 Å². The monoisotopic (exact) mass is 260 g/mol. The molecule has 1 unspecified atom stereocenters. The van der Waals surface area contributed by atoms with E-state index in [0.29, 0.717) is 0 Å². The van der Waals surface area contributed by atoms with Crippen LogP contribution in [-0.4, -0.2) is 26.0 Å². The molecule has 0 amide bonds. The van der Waals surface area contributed by atoms with E-state index in [1.807, 2.05) is 0 Å². The number of rotatable bonds is 3. The fourth-order valence-corrected chi connectivity index (χ4v) is 0.978. The zero-order valence-corrected chi connectivity index (χ0v) is 7.59. The zero-order valence-electron chi connectivity index (χ0n) is 4.42. The zero-order chi connectivity index (χ0) is 7.44. The van der Waals surface area contributed by atoms with Crippen LogP contribution in [0.2, 0.25) is 0 Å². The SMILES string of the molecule is O=C(O)C(O)CC(Br)Br. The van der Waals surface area contributed by atoms with E-state index in [-0.39, 0.29) is 10.2 Å². The van der Waals surface area contributed by atoms with Crippen molar-refractivity contribution in [2.75, 3.05) is 0 Å². The van der Waals surface area contributed by atoms with Crippen molar-refractivity contribution in [1.82, 2.24) is 0 Å². The van der Waals surface area contributed by atoms with Crippen molar-refractivity contribution in [2.45, 2.75) is 16.3 Å². The molecular weight excluding hydrogens is 256 g/mol. The second-order valence-electron chi connectivity index (χ2n) is 1.48. The standard InChI is InChI=1S/C4H6Br2O3/c5-3(6)1-2(7)4(8)9/h2-3,7H,1H2,(H,8,9). The molecule has 0 aliphatic rings. The van der Waals surface area contributed by atoms with E-state index in [9.17, 15) is 4.79 Å². The van der Waals surface area contributed by atoms with Crippen molar-refractivity contribution in [1.29, 1.82) is 0 Å². The predicted octanol–water partition coefficient (Wildman–Crippen LogP) is 0.938. The molecule has 0 saturated heterocycles. The van der Waals surface area contributed by atoms with E-state index >= 15 is 0 Å². The van der Waals surface area contributed by atoms with Crippen LogP contribution in [0.4, 0.5) is 0 Å². The number of alkyl halides is 2. The first-order chi connectivity index (χ1) is 4.04. The molecular formula is C4H6Br2O3. The number of hydrogen-bond donors (Lipinski definition) is 2. The molecule has 0 heterocycles. The molecule has 0 aromatic carbocycles. The van der Waals surface area contributed by atoms with Crippen LogP contribution in [0.15, 0.2) is 0 Å². The Kier molecular flexibility index (Phi) is 4.43. The summed E-state index contributed by atoms with van der Waals surface area (Å²) in [5.74, 6) is -1.20. The van der Waals surface area contributed by atoms with Gasteiger partial charge in [-0.3, -0.25) is 0 Å². The third kappa shape index (κ3) is 4.87. The fraction of sp³-hybridized carbons (Fsp3) is 0.750. The molecule has 0 fully saturated rings. The molecule has 0 aromatic heterocycles. The van der Waals surface area contributed by atoms with Crippen LogP contribution in [0, 0.1) is 0 Å². The summed E-state index contributed by atoms with van der Waals surface area (Å²) in [6.07, 6.45) is -1.12. The molecule has 9 heavy (non-hydrogen) atoms. The minimum Gasteiger partial charge on any atom is -0.479 e. The van der Waals surface area contributed by atoms with Gasteiger partial charge in [0.25, 0.3) is 0 Å². The Morgan fingerprint density at radius 2 is 2.00 bits per heavy atom. The maximum absolute atomic E-state index is 9.94. The molecule has 0 spiro atoms. The van der Waals surface area contributed by atoms with Crippen LogP contribution in [0.1, 0.15) is 6.42 Å². The third-order valence-corrected chi connectivity index (χ3v) is 1.43. The smallest absolute Gasteiger partial charge is 0.332 e. The summed E-state index contributed by atoms with van der Waals surface area (Å²) in [6.45, 7) is 0. The number of carboxylic acid groups (broad SMARTS) is 1. The highest BCUT2D eigenvalue weighted by Gasteiger charge is 2.15. The molecule has 0 saturated carbocycles. The van der Waals surface area contributed by atoms with Gasteiger partial charge in [0.1, 0.15) is 0 Å². The lowest BCUT2D eigenvalue weighted by atomic mass is 10.3. The average Bonchev–Trinajstić information content (AvgIpc) is 1.63. The van der Waals surface area contributed by atoms with Crippen molar-refractivity contribution >= 4 is 37.8 Å². The van der Waals surface area contributed by atoms with Crippen molar-refractivity contribution in [3.8, 4) is 0 Å². The first kappa shape index (κ1) is 9.39. The minimum absolute atomic E-state index is 0.143. The number of aliphatic hydroxyl groups is 1. The molecule has 0 radical (unpaired) electrons. The Balaban J connectivity index is 3.50. The first-order valence-corrected chi connectivity index (χ1v) is 4.06. The molecule has 3 nitrogen and oxygen atoms in total. The van der Waals surface area contributed by atoms with E-state index in [2.05, 4.69) is 31.9 Å². The van der Waals surface area contributed by atoms with Crippen molar-refractivity contribution in [3.63, 3.8) is 0 Å². The highest BCUT2D eigenvalue weighted by molar-refractivity contribution is 9.24.